The third kappa shape index (κ3) is 4.26. The lowest BCUT2D eigenvalue weighted by molar-refractivity contribution is -0.121. The van der Waals surface area contributed by atoms with Gasteiger partial charge in [0.2, 0.25) is 5.91 Å². The van der Waals surface area contributed by atoms with E-state index < -0.39 is 0 Å². The number of carbonyl (C=O) groups excluding carboxylic acids is 2. The van der Waals surface area contributed by atoms with Crippen LogP contribution in [0.4, 0.5) is 0 Å². The zero-order valence-electron chi connectivity index (χ0n) is 14.5. The van der Waals surface area contributed by atoms with E-state index in [1.54, 1.807) is 0 Å². The molecule has 2 amide bonds. The van der Waals surface area contributed by atoms with Crippen molar-refractivity contribution in [1.29, 1.82) is 0 Å². The Morgan fingerprint density at radius 1 is 1.28 bits per heavy atom. The highest BCUT2D eigenvalue weighted by molar-refractivity contribution is 5.94. The number of hydrogen-bond acceptors (Lipinski definition) is 4. The fourth-order valence-electron chi connectivity index (χ4n) is 3.10. The molecule has 2 N–H and O–H groups in total. The molecule has 3 rings (SSSR count). The molecule has 1 aromatic heterocycles. The SMILES string of the molecule is CC(C)NC(=O)c1noc2c1CC(NC(=O)Cc1ccccc1)CC2. The maximum atomic E-state index is 12.3. The maximum Gasteiger partial charge on any atom is 0.273 e. The van der Waals surface area contributed by atoms with Gasteiger partial charge < -0.3 is 15.2 Å². The number of nitrogens with zero attached hydrogens (tertiary/aromatic N) is 1. The molecule has 1 unspecified atom stereocenters. The van der Waals surface area contributed by atoms with Gasteiger partial charge in [-0.2, -0.15) is 0 Å². The highest BCUT2D eigenvalue weighted by Crippen LogP contribution is 2.25. The molecule has 0 aliphatic heterocycles. The normalized spacial score (nSPS) is 16.4. The molecular formula is C19H23N3O3. The first-order valence-electron chi connectivity index (χ1n) is 8.64. The third-order valence-electron chi connectivity index (χ3n) is 4.25. The summed E-state index contributed by atoms with van der Waals surface area (Å²) in [5.74, 6) is 0.517. The number of amides is 2. The molecule has 2 aromatic rings. The van der Waals surface area contributed by atoms with Crippen LogP contribution in [0.3, 0.4) is 0 Å². The van der Waals surface area contributed by atoms with Gasteiger partial charge in [0.25, 0.3) is 5.91 Å². The minimum Gasteiger partial charge on any atom is -0.360 e. The van der Waals surface area contributed by atoms with Gasteiger partial charge >= 0.3 is 0 Å². The van der Waals surface area contributed by atoms with Crippen LogP contribution in [0.2, 0.25) is 0 Å². The van der Waals surface area contributed by atoms with Crippen molar-refractivity contribution >= 4 is 11.8 Å². The summed E-state index contributed by atoms with van der Waals surface area (Å²) in [6.07, 6.45) is 2.39. The lowest BCUT2D eigenvalue weighted by atomic mass is 9.91. The summed E-state index contributed by atoms with van der Waals surface area (Å²) in [5.41, 5.74) is 2.14. The van der Waals surface area contributed by atoms with Crippen molar-refractivity contribution in [2.45, 2.75) is 51.6 Å². The van der Waals surface area contributed by atoms with E-state index in [0.29, 0.717) is 25.0 Å². The summed E-state index contributed by atoms with van der Waals surface area (Å²) >= 11 is 0. The molecule has 1 aliphatic rings. The molecule has 6 nitrogen and oxygen atoms in total. The molecule has 0 saturated carbocycles. The zero-order chi connectivity index (χ0) is 17.8. The molecule has 1 heterocycles. The Hall–Kier alpha value is -2.63. The first-order valence-corrected chi connectivity index (χ1v) is 8.64. The summed E-state index contributed by atoms with van der Waals surface area (Å²) in [6, 6.07) is 9.68. The van der Waals surface area contributed by atoms with Crippen LogP contribution in [0, 0.1) is 0 Å². The lowest BCUT2D eigenvalue weighted by Crippen LogP contribution is -2.40. The molecule has 0 saturated heterocycles. The Bertz CT molecular complexity index is 753. The molecule has 0 radical (unpaired) electrons. The molecule has 132 valence electrons. The van der Waals surface area contributed by atoms with Crippen LogP contribution in [0.15, 0.2) is 34.9 Å². The zero-order valence-corrected chi connectivity index (χ0v) is 14.5. The highest BCUT2D eigenvalue weighted by Gasteiger charge is 2.29. The van der Waals surface area contributed by atoms with Crippen LogP contribution in [0.5, 0.6) is 0 Å². The monoisotopic (exact) mass is 341 g/mol. The fourth-order valence-corrected chi connectivity index (χ4v) is 3.10. The topological polar surface area (TPSA) is 84.2 Å². The van der Waals surface area contributed by atoms with Crippen molar-refractivity contribution in [2.75, 3.05) is 0 Å². The van der Waals surface area contributed by atoms with Gasteiger partial charge in [-0.25, -0.2) is 0 Å². The predicted molar refractivity (Wildman–Crippen MR) is 93.2 cm³/mol. The molecule has 0 fully saturated rings. The fraction of sp³-hybridized carbons (Fsp3) is 0.421. The van der Waals surface area contributed by atoms with Gasteiger partial charge in [0.15, 0.2) is 5.69 Å². The van der Waals surface area contributed by atoms with Crippen molar-refractivity contribution in [1.82, 2.24) is 15.8 Å². The van der Waals surface area contributed by atoms with Crippen molar-refractivity contribution in [2.24, 2.45) is 0 Å². The van der Waals surface area contributed by atoms with Gasteiger partial charge in [-0.1, -0.05) is 35.5 Å². The van der Waals surface area contributed by atoms with Gasteiger partial charge in [-0.15, -0.1) is 0 Å². The standard InChI is InChI=1S/C19H23N3O3/c1-12(2)20-19(24)18-15-11-14(8-9-16(15)25-22-18)21-17(23)10-13-6-4-3-5-7-13/h3-7,12,14H,8-11H2,1-2H3,(H,20,24)(H,21,23). The first-order chi connectivity index (χ1) is 12.0. The minimum absolute atomic E-state index is 0.00582. The maximum absolute atomic E-state index is 12.3. The third-order valence-corrected chi connectivity index (χ3v) is 4.25. The minimum atomic E-state index is -0.226. The van der Waals surface area contributed by atoms with Crippen LogP contribution in [-0.4, -0.2) is 29.1 Å². The van der Waals surface area contributed by atoms with E-state index in [4.69, 9.17) is 4.52 Å². The molecule has 0 spiro atoms. The van der Waals surface area contributed by atoms with E-state index in [-0.39, 0.29) is 23.9 Å². The molecule has 25 heavy (non-hydrogen) atoms. The van der Waals surface area contributed by atoms with E-state index in [0.717, 1.165) is 23.3 Å². The largest absolute Gasteiger partial charge is 0.360 e. The van der Waals surface area contributed by atoms with Crippen molar-refractivity contribution in [3.63, 3.8) is 0 Å². The second kappa shape index (κ2) is 7.51. The summed E-state index contributed by atoms with van der Waals surface area (Å²) in [4.78, 5) is 24.5. The van der Waals surface area contributed by atoms with E-state index in [9.17, 15) is 9.59 Å². The summed E-state index contributed by atoms with van der Waals surface area (Å²) < 4.78 is 5.32. The number of aryl methyl sites for hydroxylation is 1. The Morgan fingerprint density at radius 2 is 2.04 bits per heavy atom. The number of aromatic nitrogens is 1. The average Bonchev–Trinajstić information content (AvgIpc) is 2.98. The second-order valence-electron chi connectivity index (χ2n) is 6.73. The van der Waals surface area contributed by atoms with Crippen LogP contribution in [-0.2, 0) is 24.1 Å². The quantitative estimate of drug-likeness (QED) is 0.871. The van der Waals surface area contributed by atoms with E-state index >= 15 is 0 Å². The van der Waals surface area contributed by atoms with E-state index in [2.05, 4.69) is 15.8 Å². The number of fused-ring (bicyclic) bond motifs is 1. The van der Waals surface area contributed by atoms with E-state index in [1.165, 1.54) is 0 Å². The van der Waals surface area contributed by atoms with Crippen LogP contribution < -0.4 is 10.6 Å². The first kappa shape index (κ1) is 17.2. The van der Waals surface area contributed by atoms with Crippen molar-refractivity contribution < 1.29 is 14.1 Å². The highest BCUT2D eigenvalue weighted by atomic mass is 16.5. The Morgan fingerprint density at radius 3 is 2.76 bits per heavy atom. The van der Waals surface area contributed by atoms with Crippen LogP contribution in [0.1, 0.15) is 47.6 Å². The van der Waals surface area contributed by atoms with Gasteiger partial charge in [0.1, 0.15) is 5.76 Å². The molecule has 6 heteroatoms. The van der Waals surface area contributed by atoms with Crippen LogP contribution in [0.25, 0.3) is 0 Å². The number of hydrogen-bond donors (Lipinski definition) is 2. The molecule has 1 atom stereocenters. The van der Waals surface area contributed by atoms with Gasteiger partial charge in [0.05, 0.1) is 6.42 Å². The number of carbonyl (C=O) groups is 2. The van der Waals surface area contributed by atoms with Crippen LogP contribution >= 0.6 is 0 Å². The Balaban J connectivity index is 1.63. The molecule has 0 bridgehead atoms. The Kier molecular flexibility index (Phi) is 5.16. The Labute approximate surface area is 147 Å². The van der Waals surface area contributed by atoms with Gasteiger partial charge in [0, 0.05) is 24.1 Å². The number of benzene rings is 1. The summed E-state index contributed by atoms with van der Waals surface area (Å²) in [7, 11) is 0. The molecule has 1 aliphatic carbocycles. The lowest BCUT2D eigenvalue weighted by Gasteiger charge is -2.22. The van der Waals surface area contributed by atoms with Gasteiger partial charge in [-0.05, 0) is 32.3 Å². The van der Waals surface area contributed by atoms with Gasteiger partial charge in [-0.3, -0.25) is 9.59 Å². The summed E-state index contributed by atoms with van der Waals surface area (Å²) in [5, 5.41) is 9.83. The van der Waals surface area contributed by atoms with Crippen molar-refractivity contribution in [3.05, 3.63) is 52.9 Å². The number of nitrogens with one attached hydrogen (secondary N) is 2. The molecule has 1 aromatic carbocycles. The average molecular weight is 341 g/mol. The second-order valence-corrected chi connectivity index (χ2v) is 6.73. The summed E-state index contributed by atoms with van der Waals surface area (Å²) in [6.45, 7) is 3.80. The van der Waals surface area contributed by atoms with Crippen molar-refractivity contribution in [3.8, 4) is 0 Å². The smallest absolute Gasteiger partial charge is 0.273 e. The molecular weight excluding hydrogens is 318 g/mol. The number of rotatable bonds is 5. The predicted octanol–water partition coefficient (Wildman–Crippen LogP) is 2.03. The van der Waals surface area contributed by atoms with E-state index in [1.807, 2.05) is 44.2 Å².